The average Bonchev–Trinajstić information content (AvgIpc) is 2.75. The molecule has 0 atom stereocenters. The molecule has 0 aliphatic carbocycles. The van der Waals surface area contributed by atoms with Gasteiger partial charge >= 0.3 is 6.03 Å². The third kappa shape index (κ3) is 4.41. The summed E-state index contributed by atoms with van der Waals surface area (Å²) in [5.41, 5.74) is 4.63. The van der Waals surface area contributed by atoms with Gasteiger partial charge in [0, 0.05) is 56.3 Å². The van der Waals surface area contributed by atoms with E-state index in [2.05, 4.69) is 58.4 Å². The van der Waals surface area contributed by atoms with Crippen LogP contribution in [-0.2, 0) is 0 Å². The van der Waals surface area contributed by atoms with Gasteiger partial charge in [0.15, 0.2) is 0 Å². The number of nitrogens with one attached hydrogen (secondary N) is 1. The lowest BCUT2D eigenvalue weighted by Crippen LogP contribution is -2.50. The summed E-state index contributed by atoms with van der Waals surface area (Å²) >= 11 is 0. The lowest BCUT2D eigenvalue weighted by molar-refractivity contribution is 0.208. The maximum absolute atomic E-state index is 12.6. The molecule has 0 saturated carbocycles. The molecule has 0 aromatic heterocycles. The molecule has 1 N–H and O–H groups in total. The van der Waals surface area contributed by atoms with Crippen LogP contribution in [0.25, 0.3) is 0 Å². The fourth-order valence-electron chi connectivity index (χ4n) is 4.10. The van der Waals surface area contributed by atoms with Gasteiger partial charge in [0.25, 0.3) is 0 Å². The molecule has 28 heavy (non-hydrogen) atoms. The molecular weight excluding hydrogens is 348 g/mol. The minimum Gasteiger partial charge on any atom is -0.372 e. The Morgan fingerprint density at radius 2 is 1.46 bits per heavy atom. The number of urea groups is 1. The summed E-state index contributed by atoms with van der Waals surface area (Å²) in [5, 5.41) is 3.06. The number of hydrogen-bond donors (Lipinski definition) is 1. The van der Waals surface area contributed by atoms with E-state index in [1.54, 1.807) is 0 Å². The van der Waals surface area contributed by atoms with Crippen LogP contribution in [0.15, 0.2) is 48.5 Å². The van der Waals surface area contributed by atoms with Gasteiger partial charge in [-0.3, -0.25) is 0 Å². The molecule has 0 unspecified atom stereocenters. The van der Waals surface area contributed by atoms with Crippen LogP contribution in [0, 0.1) is 6.92 Å². The van der Waals surface area contributed by atoms with Gasteiger partial charge in [-0.15, -0.1) is 0 Å². The van der Waals surface area contributed by atoms with Crippen molar-refractivity contribution in [2.45, 2.75) is 26.2 Å². The van der Waals surface area contributed by atoms with Crippen LogP contribution >= 0.6 is 0 Å². The largest absolute Gasteiger partial charge is 0.372 e. The highest BCUT2D eigenvalue weighted by Gasteiger charge is 2.21. The van der Waals surface area contributed by atoms with Crippen LogP contribution < -0.4 is 15.1 Å². The summed E-state index contributed by atoms with van der Waals surface area (Å²) in [6.45, 7) is 7.60. The van der Waals surface area contributed by atoms with Crippen molar-refractivity contribution in [2.24, 2.45) is 0 Å². The lowest BCUT2D eigenvalue weighted by Gasteiger charge is -2.36. The molecule has 2 fully saturated rings. The first-order valence-electron chi connectivity index (χ1n) is 10.4. The van der Waals surface area contributed by atoms with Crippen molar-refractivity contribution in [3.63, 3.8) is 0 Å². The zero-order valence-corrected chi connectivity index (χ0v) is 16.7. The van der Waals surface area contributed by atoms with Crippen LogP contribution in [0.1, 0.15) is 24.8 Å². The molecule has 2 aliphatic rings. The number of carbonyl (C=O) groups excluding carboxylic acids is 1. The third-order valence-electron chi connectivity index (χ3n) is 5.77. The molecule has 4 rings (SSSR count). The Morgan fingerprint density at radius 1 is 0.786 bits per heavy atom. The topological polar surface area (TPSA) is 38.8 Å². The number of carbonyl (C=O) groups is 1. The lowest BCUT2D eigenvalue weighted by atomic mass is 10.1. The minimum atomic E-state index is -0.00499. The molecule has 2 amide bonds. The third-order valence-corrected chi connectivity index (χ3v) is 5.77. The first kappa shape index (κ1) is 18.7. The van der Waals surface area contributed by atoms with Crippen molar-refractivity contribution in [2.75, 3.05) is 54.4 Å². The number of nitrogens with zero attached hydrogens (tertiary/aromatic N) is 3. The molecule has 0 spiro atoms. The molecule has 2 heterocycles. The predicted octanol–water partition coefficient (Wildman–Crippen LogP) is 4.34. The number of benzene rings is 2. The molecule has 2 aromatic rings. The van der Waals surface area contributed by atoms with Crippen molar-refractivity contribution >= 4 is 23.1 Å². The Kier molecular flexibility index (Phi) is 5.70. The summed E-state index contributed by atoms with van der Waals surface area (Å²) in [6.07, 6.45) is 3.88. The molecule has 2 aliphatic heterocycles. The zero-order valence-electron chi connectivity index (χ0n) is 16.7. The molecular formula is C23H30N4O. The van der Waals surface area contributed by atoms with E-state index in [0.717, 1.165) is 45.0 Å². The van der Waals surface area contributed by atoms with Crippen LogP contribution in [0.2, 0.25) is 0 Å². The first-order valence-corrected chi connectivity index (χ1v) is 10.4. The van der Waals surface area contributed by atoms with Gasteiger partial charge in [0.05, 0.1) is 0 Å². The standard InChI is InChI=1S/C23H30N4O/c1-19-6-5-7-22(18-19)26-14-16-27(17-15-26)23(28)24-20-8-10-21(11-9-20)25-12-3-2-4-13-25/h5-11,18H,2-4,12-17H2,1H3,(H,24,28). The maximum Gasteiger partial charge on any atom is 0.321 e. The highest BCUT2D eigenvalue weighted by atomic mass is 16.2. The Bertz CT molecular complexity index is 791. The van der Waals surface area contributed by atoms with E-state index in [0.29, 0.717) is 0 Å². The molecule has 5 nitrogen and oxygen atoms in total. The monoisotopic (exact) mass is 378 g/mol. The van der Waals surface area contributed by atoms with E-state index in [1.807, 2.05) is 17.0 Å². The fraction of sp³-hybridized carbons (Fsp3) is 0.435. The van der Waals surface area contributed by atoms with Crippen molar-refractivity contribution in [3.05, 3.63) is 54.1 Å². The van der Waals surface area contributed by atoms with Crippen molar-refractivity contribution in [1.82, 2.24) is 4.90 Å². The normalized spacial score (nSPS) is 17.5. The average molecular weight is 379 g/mol. The smallest absolute Gasteiger partial charge is 0.321 e. The Hall–Kier alpha value is -2.69. The van der Waals surface area contributed by atoms with E-state index in [4.69, 9.17) is 0 Å². The van der Waals surface area contributed by atoms with Crippen LogP contribution in [-0.4, -0.2) is 50.2 Å². The number of aryl methyl sites for hydroxylation is 1. The molecule has 2 saturated heterocycles. The van der Waals surface area contributed by atoms with Crippen LogP contribution in [0.5, 0.6) is 0 Å². The van der Waals surface area contributed by atoms with E-state index in [-0.39, 0.29) is 6.03 Å². The zero-order chi connectivity index (χ0) is 19.3. The maximum atomic E-state index is 12.6. The Labute approximate surface area is 167 Å². The highest BCUT2D eigenvalue weighted by Crippen LogP contribution is 2.22. The molecule has 148 valence electrons. The van der Waals surface area contributed by atoms with Crippen molar-refractivity contribution < 1.29 is 4.79 Å². The minimum absolute atomic E-state index is 0.00499. The van der Waals surface area contributed by atoms with Gasteiger partial charge in [-0.1, -0.05) is 12.1 Å². The fourth-order valence-corrected chi connectivity index (χ4v) is 4.10. The summed E-state index contributed by atoms with van der Waals surface area (Å²) in [5.74, 6) is 0. The number of piperazine rings is 1. The number of amides is 2. The summed E-state index contributed by atoms with van der Waals surface area (Å²) in [4.78, 5) is 19.3. The Morgan fingerprint density at radius 3 is 2.14 bits per heavy atom. The summed E-state index contributed by atoms with van der Waals surface area (Å²) in [6, 6.07) is 16.8. The number of anilines is 3. The van der Waals surface area contributed by atoms with Gasteiger partial charge in [-0.05, 0) is 68.1 Å². The quantitative estimate of drug-likeness (QED) is 0.863. The molecule has 0 bridgehead atoms. The molecule has 2 aromatic carbocycles. The van der Waals surface area contributed by atoms with Gasteiger partial charge in [-0.25, -0.2) is 4.79 Å². The van der Waals surface area contributed by atoms with Crippen LogP contribution in [0.3, 0.4) is 0 Å². The van der Waals surface area contributed by atoms with E-state index < -0.39 is 0 Å². The van der Waals surface area contributed by atoms with Crippen LogP contribution in [0.4, 0.5) is 21.9 Å². The SMILES string of the molecule is Cc1cccc(N2CCN(C(=O)Nc3ccc(N4CCCCC4)cc3)CC2)c1. The summed E-state index contributed by atoms with van der Waals surface area (Å²) < 4.78 is 0. The predicted molar refractivity (Wildman–Crippen MR) is 116 cm³/mol. The van der Waals surface area contributed by atoms with E-state index >= 15 is 0 Å². The summed E-state index contributed by atoms with van der Waals surface area (Å²) in [7, 11) is 0. The van der Waals surface area contributed by atoms with Crippen molar-refractivity contribution in [1.29, 1.82) is 0 Å². The molecule has 5 heteroatoms. The van der Waals surface area contributed by atoms with Gasteiger partial charge < -0.3 is 20.0 Å². The number of piperidine rings is 1. The number of rotatable bonds is 3. The van der Waals surface area contributed by atoms with Gasteiger partial charge in [-0.2, -0.15) is 0 Å². The van der Waals surface area contributed by atoms with E-state index in [1.165, 1.54) is 36.2 Å². The van der Waals surface area contributed by atoms with Gasteiger partial charge in [0.1, 0.15) is 0 Å². The van der Waals surface area contributed by atoms with Crippen molar-refractivity contribution in [3.8, 4) is 0 Å². The van der Waals surface area contributed by atoms with Gasteiger partial charge in [0.2, 0.25) is 0 Å². The molecule has 0 radical (unpaired) electrons. The second kappa shape index (κ2) is 8.55. The Balaban J connectivity index is 1.29. The number of hydrogen-bond acceptors (Lipinski definition) is 3. The second-order valence-electron chi connectivity index (χ2n) is 7.84. The van der Waals surface area contributed by atoms with E-state index in [9.17, 15) is 4.79 Å². The highest BCUT2D eigenvalue weighted by molar-refractivity contribution is 5.89. The first-order chi connectivity index (χ1) is 13.7. The second-order valence-corrected chi connectivity index (χ2v) is 7.84.